The standard InChI is InChI=1S/C20H31N3O2/c24-19-13-17-5-4-6-18(17)21-23(19)14-16-7-11-22(12-8-16)15-20(25)9-2-1-3-10-20/h13,16,25H,1-12,14-15H2. The summed E-state index contributed by atoms with van der Waals surface area (Å²) in [5, 5.41) is 15.4. The number of aliphatic hydroxyl groups is 1. The number of likely N-dealkylation sites (tertiary alicyclic amines) is 1. The number of aromatic nitrogens is 2. The second-order valence-corrected chi connectivity index (χ2v) is 8.49. The third-order valence-corrected chi connectivity index (χ3v) is 6.46. The molecule has 0 amide bonds. The number of β-amino-alcohol motifs (C(OH)–C–C–N with tert-alkyl or cyclic N) is 1. The zero-order valence-corrected chi connectivity index (χ0v) is 15.3. The SMILES string of the molecule is O=c1cc2c(nn1CC1CCN(CC3(O)CCCCC3)CC1)CCC2. The minimum atomic E-state index is -0.455. The van der Waals surface area contributed by atoms with Crippen molar-refractivity contribution in [2.45, 2.75) is 76.4 Å². The largest absolute Gasteiger partial charge is 0.389 e. The summed E-state index contributed by atoms with van der Waals surface area (Å²) in [4.78, 5) is 14.7. The molecule has 2 fully saturated rings. The molecule has 4 rings (SSSR count). The Morgan fingerprint density at radius 2 is 1.88 bits per heavy atom. The number of piperidine rings is 1. The molecule has 0 aromatic carbocycles. The number of rotatable bonds is 4. The lowest BCUT2D eigenvalue weighted by Crippen LogP contribution is -2.47. The van der Waals surface area contributed by atoms with Gasteiger partial charge in [0.05, 0.1) is 11.3 Å². The Hall–Kier alpha value is -1.20. The second-order valence-electron chi connectivity index (χ2n) is 8.49. The zero-order valence-electron chi connectivity index (χ0n) is 15.3. The van der Waals surface area contributed by atoms with Gasteiger partial charge in [-0.15, -0.1) is 0 Å². The predicted molar refractivity (Wildman–Crippen MR) is 97.7 cm³/mol. The van der Waals surface area contributed by atoms with E-state index < -0.39 is 5.60 Å². The molecule has 5 nitrogen and oxygen atoms in total. The Bertz CT molecular complexity index is 655. The summed E-state index contributed by atoms with van der Waals surface area (Å²) in [5.41, 5.74) is 1.91. The summed E-state index contributed by atoms with van der Waals surface area (Å²) in [6.45, 7) is 3.65. The lowest BCUT2D eigenvalue weighted by Gasteiger charge is -2.40. The molecule has 1 aromatic heterocycles. The van der Waals surface area contributed by atoms with E-state index in [4.69, 9.17) is 0 Å². The van der Waals surface area contributed by atoms with Gasteiger partial charge in [-0.2, -0.15) is 5.10 Å². The van der Waals surface area contributed by atoms with Crippen LogP contribution in [0.4, 0.5) is 0 Å². The molecule has 3 aliphatic rings. The summed E-state index contributed by atoms with van der Waals surface area (Å²) >= 11 is 0. The van der Waals surface area contributed by atoms with E-state index in [0.29, 0.717) is 5.92 Å². The van der Waals surface area contributed by atoms with Crippen LogP contribution in [0.25, 0.3) is 0 Å². The van der Waals surface area contributed by atoms with Gasteiger partial charge in [0, 0.05) is 19.2 Å². The first-order valence-electron chi connectivity index (χ1n) is 10.2. The Kier molecular flexibility index (Phi) is 4.96. The fourth-order valence-electron chi connectivity index (χ4n) is 4.93. The molecule has 1 saturated heterocycles. The lowest BCUT2D eigenvalue weighted by atomic mass is 9.84. The highest BCUT2D eigenvalue weighted by Gasteiger charge is 2.32. The van der Waals surface area contributed by atoms with E-state index in [2.05, 4.69) is 10.00 Å². The Balaban J connectivity index is 1.31. The maximum atomic E-state index is 12.3. The Morgan fingerprint density at radius 3 is 2.64 bits per heavy atom. The molecule has 25 heavy (non-hydrogen) atoms. The number of aryl methyl sites for hydroxylation is 2. The van der Waals surface area contributed by atoms with E-state index in [1.807, 2.05) is 6.07 Å². The summed E-state index contributed by atoms with van der Waals surface area (Å²) in [6.07, 6.45) is 10.9. The predicted octanol–water partition coefficient (Wildman–Crippen LogP) is 2.14. The van der Waals surface area contributed by atoms with Crippen LogP contribution in [0.2, 0.25) is 0 Å². The van der Waals surface area contributed by atoms with E-state index in [9.17, 15) is 9.90 Å². The summed E-state index contributed by atoms with van der Waals surface area (Å²) in [5.74, 6) is 0.530. The minimum absolute atomic E-state index is 0.0691. The van der Waals surface area contributed by atoms with Crippen LogP contribution in [0.15, 0.2) is 10.9 Å². The van der Waals surface area contributed by atoms with Crippen molar-refractivity contribution in [1.29, 1.82) is 0 Å². The molecule has 1 aromatic rings. The van der Waals surface area contributed by atoms with Crippen LogP contribution in [0.3, 0.4) is 0 Å². The van der Waals surface area contributed by atoms with Crippen molar-refractivity contribution in [3.8, 4) is 0 Å². The van der Waals surface area contributed by atoms with Crippen molar-refractivity contribution in [3.63, 3.8) is 0 Å². The van der Waals surface area contributed by atoms with Gasteiger partial charge >= 0.3 is 0 Å². The fraction of sp³-hybridized carbons (Fsp3) is 0.800. The van der Waals surface area contributed by atoms with E-state index in [1.165, 1.54) is 19.3 Å². The van der Waals surface area contributed by atoms with Gasteiger partial charge in [0.2, 0.25) is 0 Å². The molecule has 0 bridgehead atoms. The molecular weight excluding hydrogens is 314 g/mol. The molecule has 1 aliphatic heterocycles. The smallest absolute Gasteiger partial charge is 0.267 e. The van der Waals surface area contributed by atoms with E-state index in [1.54, 1.807) is 4.68 Å². The van der Waals surface area contributed by atoms with Crippen molar-refractivity contribution >= 4 is 0 Å². The monoisotopic (exact) mass is 345 g/mol. The molecule has 138 valence electrons. The first-order chi connectivity index (χ1) is 12.1. The average Bonchev–Trinajstić information content (AvgIpc) is 3.04. The molecule has 1 N–H and O–H groups in total. The van der Waals surface area contributed by atoms with Gasteiger partial charge in [0.25, 0.3) is 5.56 Å². The zero-order chi connectivity index (χ0) is 17.3. The number of fused-ring (bicyclic) bond motifs is 1. The molecule has 0 atom stereocenters. The minimum Gasteiger partial charge on any atom is -0.389 e. The normalized spacial score (nSPS) is 24.4. The molecule has 2 aliphatic carbocycles. The summed E-state index contributed by atoms with van der Waals surface area (Å²) < 4.78 is 1.71. The van der Waals surface area contributed by atoms with Crippen molar-refractivity contribution in [2.75, 3.05) is 19.6 Å². The fourth-order valence-corrected chi connectivity index (χ4v) is 4.93. The van der Waals surface area contributed by atoms with Crippen LogP contribution < -0.4 is 5.56 Å². The first-order valence-corrected chi connectivity index (χ1v) is 10.2. The highest BCUT2D eigenvalue weighted by atomic mass is 16.3. The molecule has 2 heterocycles. The van der Waals surface area contributed by atoms with Crippen LogP contribution in [-0.2, 0) is 19.4 Å². The van der Waals surface area contributed by atoms with Crippen molar-refractivity contribution < 1.29 is 5.11 Å². The van der Waals surface area contributed by atoms with Gasteiger partial charge in [0.1, 0.15) is 0 Å². The Labute approximate surface area is 150 Å². The number of nitrogens with zero attached hydrogens (tertiary/aromatic N) is 3. The first kappa shape index (κ1) is 17.2. The topological polar surface area (TPSA) is 58.4 Å². The van der Waals surface area contributed by atoms with Crippen LogP contribution in [-0.4, -0.2) is 45.0 Å². The molecular formula is C20H31N3O2. The van der Waals surface area contributed by atoms with Crippen LogP contribution in [0.5, 0.6) is 0 Å². The van der Waals surface area contributed by atoms with Crippen LogP contribution in [0.1, 0.15) is 62.6 Å². The number of hydrogen-bond donors (Lipinski definition) is 1. The van der Waals surface area contributed by atoms with Crippen LogP contribution >= 0.6 is 0 Å². The third-order valence-electron chi connectivity index (χ3n) is 6.46. The molecule has 0 unspecified atom stereocenters. The highest BCUT2D eigenvalue weighted by molar-refractivity contribution is 5.22. The third kappa shape index (κ3) is 3.98. The maximum absolute atomic E-state index is 12.3. The molecule has 0 spiro atoms. The van der Waals surface area contributed by atoms with Crippen molar-refractivity contribution in [2.24, 2.45) is 5.92 Å². The van der Waals surface area contributed by atoms with Crippen LogP contribution in [0, 0.1) is 5.92 Å². The molecule has 0 radical (unpaired) electrons. The highest BCUT2D eigenvalue weighted by Crippen LogP contribution is 2.30. The van der Waals surface area contributed by atoms with Gasteiger partial charge in [0.15, 0.2) is 0 Å². The van der Waals surface area contributed by atoms with Gasteiger partial charge < -0.3 is 10.0 Å². The average molecular weight is 345 g/mol. The van der Waals surface area contributed by atoms with Gasteiger partial charge in [-0.3, -0.25) is 4.79 Å². The Morgan fingerprint density at radius 1 is 1.12 bits per heavy atom. The van der Waals surface area contributed by atoms with Gasteiger partial charge in [-0.05, 0) is 69.5 Å². The van der Waals surface area contributed by atoms with Gasteiger partial charge in [-0.25, -0.2) is 4.68 Å². The van der Waals surface area contributed by atoms with Crippen molar-refractivity contribution in [1.82, 2.24) is 14.7 Å². The summed E-state index contributed by atoms with van der Waals surface area (Å²) in [7, 11) is 0. The van der Waals surface area contributed by atoms with E-state index in [0.717, 1.165) is 82.4 Å². The number of hydrogen-bond acceptors (Lipinski definition) is 4. The quantitative estimate of drug-likeness (QED) is 0.908. The van der Waals surface area contributed by atoms with Gasteiger partial charge in [-0.1, -0.05) is 19.3 Å². The van der Waals surface area contributed by atoms with E-state index >= 15 is 0 Å². The maximum Gasteiger partial charge on any atom is 0.267 e. The van der Waals surface area contributed by atoms with Crippen molar-refractivity contribution in [3.05, 3.63) is 27.7 Å². The lowest BCUT2D eigenvalue weighted by molar-refractivity contribution is -0.0332. The molecule has 1 saturated carbocycles. The van der Waals surface area contributed by atoms with E-state index in [-0.39, 0.29) is 5.56 Å². The molecule has 5 heteroatoms. The summed E-state index contributed by atoms with van der Waals surface area (Å²) in [6, 6.07) is 1.81. The second kappa shape index (κ2) is 7.20.